The van der Waals surface area contributed by atoms with E-state index < -0.39 is 11.2 Å². The monoisotopic (exact) mass is 359 g/mol. The Hall–Kier alpha value is -3.61. The molecular weight excluding hydrogens is 342 g/mol. The van der Waals surface area contributed by atoms with Crippen molar-refractivity contribution in [3.63, 3.8) is 0 Å². The Bertz CT molecular complexity index is 1240. The van der Waals surface area contributed by atoms with E-state index in [1.807, 2.05) is 31.2 Å². The average molecular weight is 359 g/mol. The number of hydrogen-bond donors (Lipinski definition) is 0. The Morgan fingerprint density at radius 3 is 2.41 bits per heavy atom. The molecule has 0 spiro atoms. The molecular formula is C20H17N5O2. The van der Waals surface area contributed by atoms with Crippen molar-refractivity contribution in [2.45, 2.75) is 13.5 Å². The van der Waals surface area contributed by atoms with Crippen LogP contribution in [0.25, 0.3) is 22.4 Å². The Morgan fingerprint density at radius 2 is 1.70 bits per heavy atom. The first-order valence-corrected chi connectivity index (χ1v) is 8.47. The fraction of sp³-hybridized carbons (Fsp3) is 0.150. The summed E-state index contributed by atoms with van der Waals surface area (Å²) in [4.78, 5) is 38.4. The highest BCUT2D eigenvalue weighted by Gasteiger charge is 2.14. The molecule has 0 aliphatic rings. The Kier molecular flexibility index (Phi) is 4.12. The van der Waals surface area contributed by atoms with E-state index in [2.05, 4.69) is 15.0 Å². The van der Waals surface area contributed by atoms with Crippen LogP contribution in [0.1, 0.15) is 11.1 Å². The average Bonchev–Trinajstić information content (AvgIpc) is 2.70. The highest BCUT2D eigenvalue weighted by Crippen LogP contribution is 2.17. The van der Waals surface area contributed by atoms with Crippen molar-refractivity contribution in [3.05, 3.63) is 87.0 Å². The summed E-state index contributed by atoms with van der Waals surface area (Å²) in [6.45, 7) is 2.17. The molecule has 3 heterocycles. The number of rotatable bonds is 3. The van der Waals surface area contributed by atoms with Crippen LogP contribution in [0.15, 0.2) is 64.6 Å². The molecule has 4 rings (SSSR count). The first-order chi connectivity index (χ1) is 13.0. The third kappa shape index (κ3) is 3.03. The van der Waals surface area contributed by atoms with Crippen molar-refractivity contribution in [3.8, 4) is 11.4 Å². The van der Waals surface area contributed by atoms with Crippen LogP contribution in [0.2, 0.25) is 0 Å². The Balaban J connectivity index is 1.88. The summed E-state index contributed by atoms with van der Waals surface area (Å²) in [6.07, 6.45) is 4.74. The third-order valence-electron chi connectivity index (χ3n) is 4.48. The minimum atomic E-state index is -0.419. The van der Waals surface area contributed by atoms with Crippen LogP contribution in [0.3, 0.4) is 0 Å². The molecule has 0 saturated carbocycles. The predicted molar refractivity (Wildman–Crippen MR) is 103 cm³/mol. The van der Waals surface area contributed by atoms with Crippen molar-refractivity contribution in [1.82, 2.24) is 24.1 Å². The molecule has 27 heavy (non-hydrogen) atoms. The summed E-state index contributed by atoms with van der Waals surface area (Å²) in [7, 11) is 1.61. The third-order valence-corrected chi connectivity index (χ3v) is 4.48. The summed E-state index contributed by atoms with van der Waals surface area (Å²) >= 11 is 0. The van der Waals surface area contributed by atoms with E-state index in [0.29, 0.717) is 16.9 Å². The zero-order valence-electron chi connectivity index (χ0n) is 15.0. The molecule has 7 nitrogen and oxygen atoms in total. The molecule has 0 saturated heterocycles. The maximum absolute atomic E-state index is 12.9. The van der Waals surface area contributed by atoms with Gasteiger partial charge in [-0.25, -0.2) is 14.8 Å². The van der Waals surface area contributed by atoms with Gasteiger partial charge in [-0.2, -0.15) is 0 Å². The van der Waals surface area contributed by atoms with Gasteiger partial charge < -0.3 is 0 Å². The van der Waals surface area contributed by atoms with E-state index in [1.54, 1.807) is 31.6 Å². The molecule has 1 aromatic carbocycles. The van der Waals surface area contributed by atoms with Gasteiger partial charge in [0.05, 0.1) is 6.54 Å². The molecule has 7 heteroatoms. The highest BCUT2D eigenvalue weighted by atomic mass is 16.2. The summed E-state index contributed by atoms with van der Waals surface area (Å²) in [5.74, 6) is 0.476. The van der Waals surface area contributed by atoms with Gasteiger partial charge in [-0.15, -0.1) is 0 Å². The van der Waals surface area contributed by atoms with Crippen molar-refractivity contribution >= 4 is 11.0 Å². The first kappa shape index (κ1) is 16.8. The van der Waals surface area contributed by atoms with Gasteiger partial charge in [0.25, 0.3) is 5.56 Å². The second-order valence-corrected chi connectivity index (χ2v) is 6.39. The number of aromatic nitrogens is 5. The molecule has 0 bridgehead atoms. The molecule has 0 radical (unpaired) electrons. The topological polar surface area (TPSA) is 82.7 Å². The highest BCUT2D eigenvalue weighted by molar-refractivity contribution is 5.75. The van der Waals surface area contributed by atoms with Gasteiger partial charge in [-0.1, -0.05) is 29.8 Å². The molecule has 0 aliphatic carbocycles. The largest absolute Gasteiger partial charge is 0.332 e. The SMILES string of the molecule is Cc1ccc(-c2ncc3c(=O)n(Cc4ccncc4)c(=O)n(C)c3n2)cc1. The number of nitrogens with zero attached hydrogens (tertiary/aromatic N) is 5. The molecule has 0 fully saturated rings. The zero-order valence-corrected chi connectivity index (χ0v) is 15.0. The summed E-state index contributed by atoms with van der Waals surface area (Å²) in [6, 6.07) is 11.3. The first-order valence-electron chi connectivity index (χ1n) is 8.47. The van der Waals surface area contributed by atoms with Crippen molar-refractivity contribution in [1.29, 1.82) is 0 Å². The smallest absolute Gasteiger partial charge is 0.280 e. The molecule has 0 unspecified atom stereocenters. The predicted octanol–water partition coefficient (Wildman–Crippen LogP) is 1.91. The van der Waals surface area contributed by atoms with Crippen LogP contribution in [0.5, 0.6) is 0 Å². The lowest BCUT2D eigenvalue weighted by atomic mass is 10.1. The second kappa shape index (κ2) is 6.60. The lowest BCUT2D eigenvalue weighted by Gasteiger charge is -2.11. The van der Waals surface area contributed by atoms with Crippen molar-refractivity contribution in [2.24, 2.45) is 7.05 Å². The fourth-order valence-corrected chi connectivity index (χ4v) is 2.94. The zero-order chi connectivity index (χ0) is 19.0. The summed E-state index contributed by atoms with van der Waals surface area (Å²) in [5, 5.41) is 0.307. The fourth-order valence-electron chi connectivity index (χ4n) is 2.94. The lowest BCUT2D eigenvalue weighted by molar-refractivity contribution is 0.656. The summed E-state index contributed by atoms with van der Waals surface area (Å²) in [5.41, 5.74) is 2.28. The number of fused-ring (bicyclic) bond motifs is 1. The minimum Gasteiger partial charge on any atom is -0.280 e. The Labute approximate surface area is 154 Å². The van der Waals surface area contributed by atoms with E-state index in [-0.39, 0.29) is 6.54 Å². The van der Waals surface area contributed by atoms with Crippen molar-refractivity contribution in [2.75, 3.05) is 0 Å². The van der Waals surface area contributed by atoms with Gasteiger partial charge in [0.1, 0.15) is 5.39 Å². The molecule has 0 atom stereocenters. The minimum absolute atomic E-state index is 0.170. The molecule has 0 amide bonds. The maximum atomic E-state index is 12.9. The lowest BCUT2D eigenvalue weighted by Crippen LogP contribution is -2.39. The van der Waals surface area contributed by atoms with E-state index in [1.165, 1.54) is 15.3 Å². The number of aryl methyl sites for hydroxylation is 2. The van der Waals surface area contributed by atoms with E-state index in [4.69, 9.17) is 0 Å². The number of hydrogen-bond acceptors (Lipinski definition) is 5. The van der Waals surface area contributed by atoms with Gasteiger partial charge in [0.2, 0.25) is 0 Å². The molecule has 0 aliphatic heterocycles. The molecule has 0 N–H and O–H groups in total. The van der Waals surface area contributed by atoms with Gasteiger partial charge in [-0.05, 0) is 24.6 Å². The van der Waals surface area contributed by atoms with Gasteiger partial charge in [-0.3, -0.25) is 18.9 Å². The van der Waals surface area contributed by atoms with E-state index in [0.717, 1.165) is 16.7 Å². The normalized spacial score (nSPS) is 11.0. The van der Waals surface area contributed by atoms with Crippen LogP contribution in [0.4, 0.5) is 0 Å². The standard InChI is InChI=1S/C20H17N5O2/c1-13-3-5-15(6-4-13)17-22-11-16-18(23-17)24(2)20(27)25(19(16)26)12-14-7-9-21-10-8-14/h3-11H,12H2,1-2H3. The molecule has 4 aromatic rings. The number of benzene rings is 1. The van der Waals surface area contributed by atoms with Gasteiger partial charge >= 0.3 is 5.69 Å². The number of pyridine rings is 1. The van der Waals surface area contributed by atoms with Crippen LogP contribution in [-0.2, 0) is 13.6 Å². The second-order valence-electron chi connectivity index (χ2n) is 6.39. The van der Waals surface area contributed by atoms with Crippen LogP contribution in [0, 0.1) is 6.92 Å². The maximum Gasteiger partial charge on any atom is 0.332 e. The van der Waals surface area contributed by atoms with Crippen LogP contribution < -0.4 is 11.2 Å². The van der Waals surface area contributed by atoms with Crippen LogP contribution >= 0.6 is 0 Å². The van der Waals surface area contributed by atoms with Crippen LogP contribution in [-0.4, -0.2) is 24.1 Å². The van der Waals surface area contributed by atoms with E-state index >= 15 is 0 Å². The van der Waals surface area contributed by atoms with Gasteiger partial charge in [0.15, 0.2) is 11.5 Å². The summed E-state index contributed by atoms with van der Waals surface area (Å²) < 4.78 is 2.57. The van der Waals surface area contributed by atoms with Crippen molar-refractivity contribution < 1.29 is 0 Å². The van der Waals surface area contributed by atoms with Gasteiger partial charge in [0, 0.05) is 31.2 Å². The Morgan fingerprint density at radius 1 is 1.00 bits per heavy atom. The molecule has 3 aromatic heterocycles. The van der Waals surface area contributed by atoms with E-state index in [9.17, 15) is 9.59 Å². The quantitative estimate of drug-likeness (QED) is 0.558. The molecule has 134 valence electrons.